The molecule has 2 N–H and O–H groups in total. The summed E-state index contributed by atoms with van der Waals surface area (Å²) in [5.41, 5.74) is -4.08. The number of carbonyl (C=O) groups is 1. The summed E-state index contributed by atoms with van der Waals surface area (Å²) in [6.07, 6.45) is -7.18. The lowest BCUT2D eigenvalue weighted by atomic mass is 9.97. The van der Waals surface area contributed by atoms with E-state index in [0.29, 0.717) is 12.1 Å². The molecule has 0 fully saturated rings. The number of rotatable bonds is 4. The Kier molecular flexibility index (Phi) is 5.87. The predicted molar refractivity (Wildman–Crippen MR) is 97.1 cm³/mol. The van der Waals surface area contributed by atoms with Gasteiger partial charge in [0.25, 0.3) is 11.5 Å². The van der Waals surface area contributed by atoms with Crippen LogP contribution in [0.25, 0.3) is 0 Å². The van der Waals surface area contributed by atoms with Gasteiger partial charge in [-0.05, 0) is 42.0 Å². The van der Waals surface area contributed by atoms with Gasteiger partial charge in [0.15, 0.2) is 0 Å². The topological polar surface area (TPSA) is 74.8 Å². The Hall–Kier alpha value is -3.63. The van der Waals surface area contributed by atoms with E-state index in [4.69, 9.17) is 0 Å². The highest BCUT2D eigenvalue weighted by molar-refractivity contribution is 5.94. The van der Waals surface area contributed by atoms with E-state index in [0.717, 1.165) is 36.5 Å². The highest BCUT2D eigenvalue weighted by atomic mass is 19.4. The lowest BCUT2D eigenvalue weighted by Crippen LogP contribution is -2.34. The average Bonchev–Trinajstić information content (AvgIpc) is 2.71. The molecule has 0 aliphatic heterocycles. The van der Waals surface area contributed by atoms with E-state index in [1.165, 1.54) is 12.3 Å². The van der Waals surface area contributed by atoms with Gasteiger partial charge in [0.05, 0.1) is 22.9 Å². The summed E-state index contributed by atoms with van der Waals surface area (Å²) in [5, 5.41) is 2.27. The molecular formula is C20H13F6N3O2. The fraction of sp³-hybridized carbons (Fsp3) is 0.150. The zero-order valence-electron chi connectivity index (χ0n) is 15.4. The van der Waals surface area contributed by atoms with Crippen LogP contribution < -0.4 is 10.9 Å². The number of H-pyrrole nitrogens is 1. The number of pyridine rings is 2. The number of nitrogens with zero attached hydrogens (tertiary/aromatic N) is 1. The summed E-state index contributed by atoms with van der Waals surface area (Å²) >= 11 is 0. The van der Waals surface area contributed by atoms with Crippen molar-refractivity contribution in [3.63, 3.8) is 0 Å². The third-order valence-corrected chi connectivity index (χ3v) is 4.33. The molecule has 1 aromatic carbocycles. The molecule has 2 heterocycles. The Morgan fingerprint density at radius 2 is 1.61 bits per heavy atom. The van der Waals surface area contributed by atoms with Crippen molar-refractivity contribution >= 4 is 5.91 Å². The van der Waals surface area contributed by atoms with Gasteiger partial charge in [-0.25, -0.2) is 0 Å². The summed E-state index contributed by atoms with van der Waals surface area (Å²) in [5.74, 6) is -1.02. The van der Waals surface area contributed by atoms with Crippen LogP contribution in [0.3, 0.4) is 0 Å². The van der Waals surface area contributed by atoms with E-state index in [1.54, 1.807) is 0 Å². The van der Waals surface area contributed by atoms with Crippen molar-refractivity contribution in [1.82, 2.24) is 15.3 Å². The SMILES string of the molecule is O=C(N[C@@H](c1ccc(C(F)(F)F)cc1)c1ncccc1C(F)(F)F)c1ccc[nH]c1=O. The Bertz CT molecular complexity index is 1140. The van der Waals surface area contributed by atoms with Crippen molar-refractivity contribution in [2.75, 3.05) is 0 Å². The predicted octanol–water partition coefficient (Wildman–Crippen LogP) is 4.33. The van der Waals surface area contributed by atoms with Crippen LogP contribution in [0.1, 0.15) is 38.8 Å². The van der Waals surface area contributed by atoms with Crippen LogP contribution in [0.5, 0.6) is 0 Å². The largest absolute Gasteiger partial charge is 0.418 e. The molecule has 11 heteroatoms. The van der Waals surface area contributed by atoms with Gasteiger partial charge < -0.3 is 10.3 Å². The number of carbonyl (C=O) groups excluding carboxylic acids is 1. The summed E-state index contributed by atoms with van der Waals surface area (Å²) in [4.78, 5) is 30.4. The quantitative estimate of drug-likeness (QED) is 0.592. The van der Waals surface area contributed by atoms with Crippen molar-refractivity contribution in [1.29, 1.82) is 0 Å². The summed E-state index contributed by atoms with van der Waals surface area (Å²) in [6, 6.07) is 5.94. The molecule has 1 amide bonds. The molecule has 0 saturated heterocycles. The number of hydrogen-bond donors (Lipinski definition) is 2. The summed E-state index contributed by atoms with van der Waals surface area (Å²) in [6.45, 7) is 0. The molecule has 0 spiro atoms. The number of alkyl halides is 6. The standard InChI is InChI=1S/C20H13F6N3O2/c21-19(22,23)12-7-5-11(6-8-12)15(16-14(20(24,25)26)4-2-9-27-16)29-18(31)13-3-1-10-28-17(13)30/h1-10,15H,(H,28,30)(H,29,31)/t15-/m0/s1. The van der Waals surface area contributed by atoms with Crippen molar-refractivity contribution in [2.45, 2.75) is 18.4 Å². The maximum absolute atomic E-state index is 13.5. The minimum Gasteiger partial charge on any atom is -0.339 e. The number of amides is 1. The average molecular weight is 441 g/mol. The van der Waals surface area contributed by atoms with Crippen LogP contribution in [0.15, 0.2) is 65.7 Å². The Labute approximate surface area is 170 Å². The third-order valence-electron chi connectivity index (χ3n) is 4.33. The third kappa shape index (κ3) is 4.93. The lowest BCUT2D eigenvalue weighted by Gasteiger charge is -2.22. The van der Waals surface area contributed by atoms with Gasteiger partial charge in [-0.2, -0.15) is 26.3 Å². The van der Waals surface area contributed by atoms with E-state index in [-0.39, 0.29) is 11.1 Å². The number of aromatic amines is 1. The Morgan fingerprint density at radius 1 is 0.935 bits per heavy atom. The number of nitrogens with one attached hydrogen (secondary N) is 2. The van der Waals surface area contributed by atoms with Crippen LogP contribution >= 0.6 is 0 Å². The molecule has 5 nitrogen and oxygen atoms in total. The molecule has 0 unspecified atom stereocenters. The van der Waals surface area contributed by atoms with Gasteiger partial charge in [-0.3, -0.25) is 14.6 Å². The van der Waals surface area contributed by atoms with Gasteiger partial charge >= 0.3 is 12.4 Å². The summed E-state index contributed by atoms with van der Waals surface area (Å²) in [7, 11) is 0. The first kappa shape index (κ1) is 22.1. The normalized spacial score (nSPS) is 13.0. The van der Waals surface area contributed by atoms with Gasteiger partial charge in [0.2, 0.25) is 0 Å². The fourth-order valence-corrected chi connectivity index (χ4v) is 2.87. The van der Waals surface area contributed by atoms with E-state index in [2.05, 4.69) is 15.3 Å². The maximum atomic E-state index is 13.5. The molecule has 3 aromatic rings. The lowest BCUT2D eigenvalue weighted by molar-refractivity contribution is -0.139. The monoisotopic (exact) mass is 441 g/mol. The smallest absolute Gasteiger partial charge is 0.339 e. The first-order chi connectivity index (χ1) is 14.5. The van der Waals surface area contributed by atoms with Gasteiger partial charge in [0, 0.05) is 12.4 Å². The van der Waals surface area contributed by atoms with Crippen LogP contribution in [0.2, 0.25) is 0 Å². The van der Waals surface area contributed by atoms with Crippen LogP contribution in [-0.2, 0) is 12.4 Å². The molecule has 0 radical (unpaired) electrons. The van der Waals surface area contributed by atoms with Crippen LogP contribution in [-0.4, -0.2) is 15.9 Å². The Morgan fingerprint density at radius 3 is 2.19 bits per heavy atom. The molecule has 3 rings (SSSR count). The Balaban J connectivity index is 2.10. The minimum atomic E-state index is -4.84. The van der Waals surface area contributed by atoms with E-state index < -0.39 is 46.7 Å². The molecule has 0 aliphatic rings. The van der Waals surface area contributed by atoms with Crippen molar-refractivity contribution in [3.8, 4) is 0 Å². The molecule has 1 atom stereocenters. The highest BCUT2D eigenvalue weighted by Gasteiger charge is 2.37. The highest BCUT2D eigenvalue weighted by Crippen LogP contribution is 2.36. The zero-order valence-corrected chi connectivity index (χ0v) is 15.4. The molecule has 2 aromatic heterocycles. The molecule has 0 aliphatic carbocycles. The number of aromatic nitrogens is 2. The molecular weight excluding hydrogens is 428 g/mol. The first-order valence-electron chi connectivity index (χ1n) is 8.66. The second-order valence-corrected chi connectivity index (χ2v) is 6.37. The number of halogens is 6. The van der Waals surface area contributed by atoms with Crippen molar-refractivity contribution in [3.05, 3.63) is 99.2 Å². The number of benzene rings is 1. The van der Waals surface area contributed by atoms with Crippen molar-refractivity contribution in [2.24, 2.45) is 0 Å². The molecule has 0 saturated carbocycles. The molecule has 31 heavy (non-hydrogen) atoms. The van der Waals surface area contributed by atoms with Crippen LogP contribution in [0, 0.1) is 0 Å². The minimum absolute atomic E-state index is 0.0853. The van der Waals surface area contributed by atoms with E-state index in [1.807, 2.05) is 0 Å². The van der Waals surface area contributed by atoms with Gasteiger partial charge in [-0.15, -0.1) is 0 Å². The van der Waals surface area contributed by atoms with E-state index in [9.17, 15) is 35.9 Å². The fourth-order valence-electron chi connectivity index (χ4n) is 2.87. The second kappa shape index (κ2) is 8.25. The van der Waals surface area contributed by atoms with Gasteiger partial charge in [-0.1, -0.05) is 12.1 Å². The second-order valence-electron chi connectivity index (χ2n) is 6.37. The van der Waals surface area contributed by atoms with Gasteiger partial charge in [0.1, 0.15) is 5.56 Å². The summed E-state index contributed by atoms with van der Waals surface area (Å²) < 4.78 is 79.2. The zero-order chi connectivity index (χ0) is 22.8. The molecule has 162 valence electrons. The van der Waals surface area contributed by atoms with Crippen molar-refractivity contribution < 1.29 is 31.1 Å². The molecule has 0 bridgehead atoms. The number of hydrogen-bond acceptors (Lipinski definition) is 3. The first-order valence-corrected chi connectivity index (χ1v) is 8.66. The van der Waals surface area contributed by atoms with Crippen LogP contribution in [0.4, 0.5) is 26.3 Å². The maximum Gasteiger partial charge on any atom is 0.418 e. The van der Waals surface area contributed by atoms with E-state index >= 15 is 0 Å².